The first-order valence-electron chi connectivity index (χ1n) is 8.95. The molecular formula is C21H26N2O. The number of hydrogen-bond acceptors (Lipinski definition) is 2. The third-order valence-corrected chi connectivity index (χ3v) is 4.63. The number of benzene rings is 2. The molecule has 0 saturated carbocycles. The van der Waals surface area contributed by atoms with Gasteiger partial charge in [0.2, 0.25) is 5.91 Å². The van der Waals surface area contributed by atoms with Gasteiger partial charge in [0.25, 0.3) is 0 Å². The van der Waals surface area contributed by atoms with E-state index in [9.17, 15) is 4.79 Å². The predicted molar refractivity (Wildman–Crippen MR) is 99.2 cm³/mol. The van der Waals surface area contributed by atoms with Gasteiger partial charge in [0.15, 0.2) is 0 Å². The summed E-state index contributed by atoms with van der Waals surface area (Å²) in [7, 11) is 0. The number of aryl methyl sites for hydroxylation is 2. The van der Waals surface area contributed by atoms with E-state index in [0.717, 1.165) is 36.3 Å². The van der Waals surface area contributed by atoms with Gasteiger partial charge in [0, 0.05) is 12.2 Å². The van der Waals surface area contributed by atoms with Gasteiger partial charge in [-0.15, -0.1) is 0 Å². The van der Waals surface area contributed by atoms with Crippen LogP contribution in [0.15, 0.2) is 42.5 Å². The molecule has 2 N–H and O–H groups in total. The highest BCUT2D eigenvalue weighted by atomic mass is 16.1. The molecule has 0 spiro atoms. The Morgan fingerprint density at radius 1 is 1.04 bits per heavy atom. The molecule has 0 unspecified atom stereocenters. The van der Waals surface area contributed by atoms with Gasteiger partial charge in [-0.3, -0.25) is 4.79 Å². The maximum absolute atomic E-state index is 12.4. The summed E-state index contributed by atoms with van der Waals surface area (Å²) in [6.45, 7) is 3.76. The Hall–Kier alpha value is -2.13. The quantitative estimate of drug-likeness (QED) is 0.848. The van der Waals surface area contributed by atoms with Crippen LogP contribution in [0.25, 0.3) is 0 Å². The lowest BCUT2D eigenvalue weighted by Crippen LogP contribution is -2.18. The summed E-state index contributed by atoms with van der Waals surface area (Å²) in [5.41, 5.74) is 6.03. The van der Waals surface area contributed by atoms with Crippen molar-refractivity contribution in [2.24, 2.45) is 0 Å². The highest BCUT2D eigenvalue weighted by Gasteiger charge is 2.12. The van der Waals surface area contributed by atoms with E-state index in [-0.39, 0.29) is 5.91 Å². The molecule has 126 valence electrons. The van der Waals surface area contributed by atoms with Crippen LogP contribution in [0.4, 0.5) is 5.69 Å². The second-order valence-electron chi connectivity index (χ2n) is 6.47. The van der Waals surface area contributed by atoms with E-state index in [1.165, 1.54) is 30.4 Å². The topological polar surface area (TPSA) is 41.1 Å². The summed E-state index contributed by atoms with van der Waals surface area (Å²) in [6, 6.07) is 14.5. The molecule has 0 aliphatic heterocycles. The van der Waals surface area contributed by atoms with Crippen LogP contribution in [-0.2, 0) is 30.6 Å². The molecule has 24 heavy (non-hydrogen) atoms. The minimum atomic E-state index is 0.0507. The van der Waals surface area contributed by atoms with Crippen molar-refractivity contribution < 1.29 is 4.79 Å². The van der Waals surface area contributed by atoms with E-state index in [0.29, 0.717) is 6.42 Å². The molecule has 3 nitrogen and oxygen atoms in total. The van der Waals surface area contributed by atoms with Crippen molar-refractivity contribution in [2.75, 3.05) is 11.9 Å². The summed E-state index contributed by atoms with van der Waals surface area (Å²) in [4.78, 5) is 12.4. The second-order valence-corrected chi connectivity index (χ2v) is 6.47. The van der Waals surface area contributed by atoms with Crippen molar-refractivity contribution in [3.8, 4) is 0 Å². The lowest BCUT2D eigenvalue weighted by molar-refractivity contribution is -0.115. The lowest BCUT2D eigenvalue weighted by atomic mass is 9.90. The molecule has 0 bridgehead atoms. The van der Waals surface area contributed by atoms with Crippen molar-refractivity contribution >= 4 is 11.6 Å². The Balaban J connectivity index is 1.66. The van der Waals surface area contributed by atoms with Gasteiger partial charge in [-0.2, -0.15) is 0 Å². The van der Waals surface area contributed by atoms with Gasteiger partial charge in [-0.05, 0) is 60.5 Å². The highest BCUT2D eigenvalue weighted by molar-refractivity contribution is 5.93. The first-order chi connectivity index (χ1) is 11.8. The number of para-hydroxylation sites is 1. The van der Waals surface area contributed by atoms with Crippen molar-refractivity contribution in [3.05, 3.63) is 64.7 Å². The molecule has 0 saturated heterocycles. The largest absolute Gasteiger partial charge is 0.325 e. The normalized spacial score (nSPS) is 13.4. The van der Waals surface area contributed by atoms with Crippen LogP contribution < -0.4 is 10.6 Å². The molecule has 0 aromatic heterocycles. The van der Waals surface area contributed by atoms with Crippen molar-refractivity contribution in [2.45, 2.75) is 45.6 Å². The molecule has 0 fully saturated rings. The van der Waals surface area contributed by atoms with Crippen LogP contribution in [0.1, 0.15) is 42.0 Å². The zero-order chi connectivity index (χ0) is 16.8. The molecule has 2 aromatic rings. The van der Waals surface area contributed by atoms with Crippen LogP contribution in [0.2, 0.25) is 0 Å². The minimum absolute atomic E-state index is 0.0507. The lowest BCUT2D eigenvalue weighted by Gasteiger charge is -2.16. The average Bonchev–Trinajstić information content (AvgIpc) is 2.61. The summed E-state index contributed by atoms with van der Waals surface area (Å²) < 4.78 is 0. The number of anilines is 1. The van der Waals surface area contributed by atoms with Crippen LogP contribution in [-0.4, -0.2) is 12.5 Å². The maximum Gasteiger partial charge on any atom is 0.228 e. The molecule has 3 rings (SSSR count). The molecule has 1 aliphatic rings. The predicted octanol–water partition coefficient (Wildman–Crippen LogP) is 3.86. The van der Waals surface area contributed by atoms with Crippen LogP contribution in [0.3, 0.4) is 0 Å². The molecule has 2 aromatic carbocycles. The minimum Gasteiger partial charge on any atom is -0.325 e. The number of nitrogens with one attached hydrogen (secondary N) is 2. The Morgan fingerprint density at radius 2 is 1.83 bits per heavy atom. The SMILES string of the molecule is CCNCc1ccccc1NC(=O)Cc1ccc2c(c1)CCCC2. The number of carbonyl (C=O) groups is 1. The molecule has 1 amide bonds. The van der Waals surface area contributed by atoms with Crippen LogP contribution in [0.5, 0.6) is 0 Å². The van der Waals surface area contributed by atoms with Gasteiger partial charge < -0.3 is 10.6 Å². The van der Waals surface area contributed by atoms with Crippen molar-refractivity contribution in [1.82, 2.24) is 5.32 Å². The van der Waals surface area contributed by atoms with Gasteiger partial charge in [-0.1, -0.05) is 43.3 Å². The molecule has 1 aliphatic carbocycles. The smallest absolute Gasteiger partial charge is 0.228 e. The third kappa shape index (κ3) is 4.24. The molecule has 0 atom stereocenters. The summed E-state index contributed by atoms with van der Waals surface area (Å²) >= 11 is 0. The zero-order valence-corrected chi connectivity index (χ0v) is 14.4. The number of hydrogen-bond donors (Lipinski definition) is 2. The fraction of sp³-hybridized carbons (Fsp3) is 0.381. The number of rotatable bonds is 6. The molecular weight excluding hydrogens is 296 g/mol. The summed E-state index contributed by atoms with van der Waals surface area (Å²) in [5, 5.41) is 6.38. The van der Waals surface area contributed by atoms with E-state index in [1.807, 2.05) is 18.2 Å². The third-order valence-electron chi connectivity index (χ3n) is 4.63. The Morgan fingerprint density at radius 3 is 2.67 bits per heavy atom. The number of fused-ring (bicyclic) bond motifs is 1. The van der Waals surface area contributed by atoms with Gasteiger partial charge in [0.05, 0.1) is 6.42 Å². The van der Waals surface area contributed by atoms with E-state index in [4.69, 9.17) is 0 Å². The first-order valence-corrected chi connectivity index (χ1v) is 8.95. The summed E-state index contributed by atoms with van der Waals surface area (Å²) in [5.74, 6) is 0.0507. The van der Waals surface area contributed by atoms with E-state index in [1.54, 1.807) is 0 Å². The Labute approximate surface area is 144 Å². The fourth-order valence-electron chi connectivity index (χ4n) is 3.33. The average molecular weight is 322 g/mol. The zero-order valence-electron chi connectivity index (χ0n) is 14.4. The first kappa shape index (κ1) is 16.7. The Bertz CT molecular complexity index is 709. The standard InChI is InChI=1S/C21H26N2O/c1-2-22-15-19-9-5-6-10-20(19)23-21(24)14-16-11-12-17-7-3-4-8-18(17)13-16/h5-6,9-13,22H,2-4,7-8,14-15H2,1H3,(H,23,24). The molecule has 0 radical (unpaired) electrons. The van der Waals surface area contributed by atoms with Crippen molar-refractivity contribution in [1.29, 1.82) is 0 Å². The van der Waals surface area contributed by atoms with Crippen molar-refractivity contribution in [3.63, 3.8) is 0 Å². The monoisotopic (exact) mass is 322 g/mol. The van der Waals surface area contributed by atoms with Crippen LogP contribution in [0, 0.1) is 0 Å². The van der Waals surface area contributed by atoms with E-state index in [2.05, 4.69) is 41.8 Å². The van der Waals surface area contributed by atoms with E-state index < -0.39 is 0 Å². The van der Waals surface area contributed by atoms with Gasteiger partial charge in [0.1, 0.15) is 0 Å². The second kappa shape index (κ2) is 8.11. The van der Waals surface area contributed by atoms with Crippen LogP contribution >= 0.6 is 0 Å². The summed E-state index contributed by atoms with van der Waals surface area (Å²) in [6.07, 6.45) is 5.31. The highest BCUT2D eigenvalue weighted by Crippen LogP contribution is 2.23. The number of amides is 1. The number of carbonyl (C=O) groups excluding carboxylic acids is 1. The fourth-order valence-corrected chi connectivity index (χ4v) is 3.33. The molecule has 3 heteroatoms. The van der Waals surface area contributed by atoms with E-state index >= 15 is 0 Å². The van der Waals surface area contributed by atoms with Gasteiger partial charge >= 0.3 is 0 Å². The Kier molecular flexibility index (Phi) is 5.65. The molecule has 0 heterocycles. The maximum atomic E-state index is 12.4. The van der Waals surface area contributed by atoms with Gasteiger partial charge in [-0.25, -0.2) is 0 Å².